The molecule has 1 fully saturated rings. The Hall–Kier alpha value is 0.390. The average Bonchev–Trinajstić information content (AvgIpc) is 2.19. The first-order valence-electron chi connectivity index (χ1n) is 6.36. The molecule has 1 rings (SSSR count). The molecule has 5 heteroatoms. The monoisotopic (exact) mass is 325 g/mol. The topological polar surface area (TPSA) is 46.2 Å². The Balaban J connectivity index is 2.69. The Morgan fingerprint density at radius 1 is 1.35 bits per heavy atom. The predicted molar refractivity (Wildman–Crippen MR) is 75.9 cm³/mol. The Kier molecular flexibility index (Phi) is 5.47. The molecule has 0 aromatic heterocycles. The third-order valence-corrected chi connectivity index (χ3v) is 6.33. The SMILES string of the molecule is CC(C)CS(=O)(=O)NC1(CBr)CCC(C)CC1. The van der Waals surface area contributed by atoms with Crippen LogP contribution in [0.25, 0.3) is 0 Å². The first kappa shape index (κ1) is 15.4. The van der Waals surface area contributed by atoms with Crippen molar-refractivity contribution in [3.8, 4) is 0 Å². The van der Waals surface area contributed by atoms with Gasteiger partial charge in [-0.3, -0.25) is 0 Å². The third-order valence-electron chi connectivity index (χ3n) is 3.41. The maximum absolute atomic E-state index is 12.0. The molecule has 0 spiro atoms. The van der Waals surface area contributed by atoms with Crippen LogP contribution in [0.1, 0.15) is 46.5 Å². The summed E-state index contributed by atoms with van der Waals surface area (Å²) in [6.45, 7) is 6.10. The summed E-state index contributed by atoms with van der Waals surface area (Å²) in [5.41, 5.74) is -0.250. The van der Waals surface area contributed by atoms with Gasteiger partial charge in [-0.25, -0.2) is 13.1 Å². The van der Waals surface area contributed by atoms with E-state index < -0.39 is 10.0 Å². The molecule has 102 valence electrons. The molecule has 3 nitrogen and oxygen atoms in total. The van der Waals surface area contributed by atoms with Crippen LogP contribution in [0.2, 0.25) is 0 Å². The fourth-order valence-electron chi connectivity index (χ4n) is 2.39. The lowest BCUT2D eigenvalue weighted by Crippen LogP contribution is -2.52. The van der Waals surface area contributed by atoms with Gasteiger partial charge in [0, 0.05) is 10.9 Å². The summed E-state index contributed by atoms with van der Waals surface area (Å²) in [7, 11) is -3.15. The molecule has 0 aromatic carbocycles. The van der Waals surface area contributed by atoms with Gasteiger partial charge in [0.05, 0.1) is 5.75 Å². The van der Waals surface area contributed by atoms with Crippen molar-refractivity contribution in [1.82, 2.24) is 4.72 Å². The van der Waals surface area contributed by atoms with Crippen LogP contribution in [0.3, 0.4) is 0 Å². The molecule has 0 atom stereocenters. The van der Waals surface area contributed by atoms with Crippen LogP contribution < -0.4 is 4.72 Å². The normalized spacial score (nSPS) is 30.8. The van der Waals surface area contributed by atoms with Crippen molar-refractivity contribution < 1.29 is 8.42 Å². The lowest BCUT2D eigenvalue weighted by molar-refractivity contribution is 0.249. The smallest absolute Gasteiger partial charge is 0.212 e. The number of halogens is 1. The van der Waals surface area contributed by atoms with Gasteiger partial charge in [-0.05, 0) is 37.5 Å². The molecule has 1 saturated carbocycles. The number of alkyl halides is 1. The van der Waals surface area contributed by atoms with E-state index in [1.807, 2.05) is 13.8 Å². The summed E-state index contributed by atoms with van der Waals surface area (Å²) in [6.07, 6.45) is 4.10. The van der Waals surface area contributed by atoms with Gasteiger partial charge in [0.15, 0.2) is 0 Å². The maximum Gasteiger partial charge on any atom is 0.212 e. The highest BCUT2D eigenvalue weighted by molar-refractivity contribution is 9.09. The Labute approximate surface area is 114 Å². The van der Waals surface area contributed by atoms with Gasteiger partial charge in [-0.1, -0.05) is 36.7 Å². The Morgan fingerprint density at radius 2 is 1.88 bits per heavy atom. The molecule has 0 radical (unpaired) electrons. The van der Waals surface area contributed by atoms with Crippen molar-refractivity contribution in [2.75, 3.05) is 11.1 Å². The van der Waals surface area contributed by atoms with E-state index in [9.17, 15) is 8.42 Å². The molecule has 1 N–H and O–H groups in total. The van der Waals surface area contributed by atoms with Crippen molar-refractivity contribution in [3.05, 3.63) is 0 Å². The van der Waals surface area contributed by atoms with Crippen molar-refractivity contribution in [3.63, 3.8) is 0 Å². The van der Waals surface area contributed by atoms with Gasteiger partial charge in [-0.15, -0.1) is 0 Å². The van der Waals surface area contributed by atoms with Crippen LogP contribution in [-0.2, 0) is 10.0 Å². The molecule has 0 unspecified atom stereocenters. The number of nitrogens with one attached hydrogen (secondary N) is 1. The number of rotatable bonds is 5. The quantitative estimate of drug-likeness (QED) is 0.790. The molecule has 0 aromatic rings. The highest BCUT2D eigenvalue weighted by Crippen LogP contribution is 2.33. The lowest BCUT2D eigenvalue weighted by atomic mass is 9.79. The van der Waals surface area contributed by atoms with Crippen molar-refractivity contribution in [2.45, 2.75) is 52.0 Å². The largest absolute Gasteiger partial charge is 0.212 e. The van der Waals surface area contributed by atoms with Crippen LogP contribution in [0.5, 0.6) is 0 Å². The predicted octanol–water partition coefficient (Wildman–Crippen LogP) is 2.91. The molecule has 17 heavy (non-hydrogen) atoms. The third kappa shape index (κ3) is 4.87. The van der Waals surface area contributed by atoms with Gasteiger partial charge in [0.1, 0.15) is 0 Å². The van der Waals surface area contributed by atoms with E-state index in [0.717, 1.165) is 31.6 Å². The van der Waals surface area contributed by atoms with E-state index in [-0.39, 0.29) is 17.2 Å². The second kappa shape index (κ2) is 6.02. The molecule has 0 heterocycles. The van der Waals surface area contributed by atoms with Crippen molar-refractivity contribution >= 4 is 26.0 Å². The van der Waals surface area contributed by atoms with Crippen LogP contribution in [-0.4, -0.2) is 25.0 Å². The fourth-order valence-corrected chi connectivity index (χ4v) is 5.17. The molecule has 0 bridgehead atoms. The zero-order valence-electron chi connectivity index (χ0n) is 11.0. The highest BCUT2D eigenvalue weighted by Gasteiger charge is 2.36. The molecular weight excluding hydrogens is 302 g/mol. The standard InChI is InChI=1S/C12H24BrNO2S/c1-10(2)8-17(15,16)14-12(9-13)6-4-11(3)5-7-12/h10-11,14H,4-9H2,1-3H3. The summed E-state index contributed by atoms with van der Waals surface area (Å²) in [6, 6.07) is 0. The van der Waals surface area contributed by atoms with E-state index in [1.54, 1.807) is 0 Å². The van der Waals surface area contributed by atoms with Gasteiger partial charge < -0.3 is 0 Å². The van der Waals surface area contributed by atoms with Crippen LogP contribution in [0.4, 0.5) is 0 Å². The number of hydrogen-bond donors (Lipinski definition) is 1. The summed E-state index contributed by atoms with van der Waals surface area (Å²) in [5, 5.41) is 0.712. The van der Waals surface area contributed by atoms with E-state index >= 15 is 0 Å². The summed E-state index contributed by atoms with van der Waals surface area (Å²) in [4.78, 5) is 0. The van der Waals surface area contributed by atoms with Crippen molar-refractivity contribution in [2.24, 2.45) is 11.8 Å². The van der Waals surface area contributed by atoms with Crippen LogP contribution in [0, 0.1) is 11.8 Å². The second-order valence-electron chi connectivity index (χ2n) is 5.87. The van der Waals surface area contributed by atoms with E-state index in [0.29, 0.717) is 5.33 Å². The van der Waals surface area contributed by atoms with Crippen molar-refractivity contribution in [1.29, 1.82) is 0 Å². The zero-order chi connectivity index (χ0) is 13.1. The molecule has 0 aliphatic heterocycles. The minimum atomic E-state index is -3.15. The molecule has 0 saturated heterocycles. The van der Waals surface area contributed by atoms with E-state index in [4.69, 9.17) is 0 Å². The average molecular weight is 326 g/mol. The number of sulfonamides is 1. The summed E-state index contributed by atoms with van der Waals surface area (Å²) < 4.78 is 27.0. The summed E-state index contributed by atoms with van der Waals surface area (Å²) in [5.74, 6) is 1.11. The Bertz CT molecular complexity index is 332. The molecule has 1 aliphatic carbocycles. The van der Waals surface area contributed by atoms with Gasteiger partial charge in [0.2, 0.25) is 10.0 Å². The maximum atomic E-state index is 12.0. The minimum absolute atomic E-state index is 0.169. The molecule has 0 amide bonds. The molecule has 1 aliphatic rings. The number of hydrogen-bond acceptors (Lipinski definition) is 2. The van der Waals surface area contributed by atoms with Gasteiger partial charge in [0.25, 0.3) is 0 Å². The second-order valence-corrected chi connectivity index (χ2v) is 8.20. The Morgan fingerprint density at radius 3 is 2.29 bits per heavy atom. The molecular formula is C12H24BrNO2S. The first-order valence-corrected chi connectivity index (χ1v) is 9.13. The highest BCUT2D eigenvalue weighted by atomic mass is 79.9. The lowest BCUT2D eigenvalue weighted by Gasteiger charge is -2.38. The minimum Gasteiger partial charge on any atom is -0.212 e. The summed E-state index contributed by atoms with van der Waals surface area (Å²) >= 11 is 3.48. The van der Waals surface area contributed by atoms with Gasteiger partial charge >= 0.3 is 0 Å². The van der Waals surface area contributed by atoms with Crippen LogP contribution in [0.15, 0.2) is 0 Å². The zero-order valence-corrected chi connectivity index (χ0v) is 13.4. The van der Waals surface area contributed by atoms with Gasteiger partial charge in [-0.2, -0.15) is 0 Å². The fraction of sp³-hybridized carbons (Fsp3) is 1.00. The van der Waals surface area contributed by atoms with E-state index in [1.165, 1.54) is 0 Å². The van der Waals surface area contributed by atoms with E-state index in [2.05, 4.69) is 27.6 Å². The first-order chi connectivity index (χ1) is 7.79. The van der Waals surface area contributed by atoms with Crippen LogP contribution >= 0.6 is 15.9 Å².